The van der Waals surface area contributed by atoms with E-state index in [4.69, 9.17) is 4.42 Å². The quantitative estimate of drug-likeness (QED) is 0.540. The molecule has 1 unspecified atom stereocenters. The molecule has 2 N–H and O–H groups in total. The maximum absolute atomic E-state index is 12.6. The van der Waals surface area contributed by atoms with Crippen LogP contribution in [-0.2, 0) is 4.79 Å². The smallest absolute Gasteiger partial charge is 0.262 e. The van der Waals surface area contributed by atoms with E-state index in [0.717, 1.165) is 24.5 Å². The van der Waals surface area contributed by atoms with E-state index in [9.17, 15) is 9.59 Å². The zero-order valence-corrected chi connectivity index (χ0v) is 17.9. The van der Waals surface area contributed by atoms with Crippen LogP contribution in [0.4, 0.5) is 5.88 Å². The van der Waals surface area contributed by atoms with E-state index in [1.54, 1.807) is 12.1 Å². The van der Waals surface area contributed by atoms with Crippen molar-refractivity contribution in [3.05, 3.63) is 53.3 Å². The Bertz CT molecular complexity index is 880. The largest absolute Gasteiger partial charge is 0.440 e. The average Bonchev–Trinajstić information content (AvgIpc) is 3.21. The molecule has 0 radical (unpaired) electrons. The van der Waals surface area contributed by atoms with E-state index in [1.807, 2.05) is 45.0 Å². The molecule has 0 spiro atoms. The maximum atomic E-state index is 12.6. The summed E-state index contributed by atoms with van der Waals surface area (Å²) in [6, 6.07) is 10.3. The predicted molar refractivity (Wildman–Crippen MR) is 118 cm³/mol. The summed E-state index contributed by atoms with van der Waals surface area (Å²) in [6.45, 7) is 7.70. The lowest BCUT2D eigenvalue weighted by Crippen LogP contribution is -2.48. The first-order valence-electron chi connectivity index (χ1n) is 10.5. The number of aryl methyl sites for hydroxylation is 1. The normalized spacial score (nSPS) is 15.4. The minimum absolute atomic E-state index is 0.0936. The Morgan fingerprint density at radius 1 is 1.07 bits per heavy atom. The molecule has 2 amide bonds. The zero-order chi connectivity index (χ0) is 21.5. The Balaban J connectivity index is 1.56. The van der Waals surface area contributed by atoms with Gasteiger partial charge in [-0.25, -0.2) is 5.43 Å². The van der Waals surface area contributed by atoms with Crippen molar-refractivity contribution in [1.29, 1.82) is 0 Å². The Morgan fingerprint density at radius 3 is 2.43 bits per heavy atom. The van der Waals surface area contributed by atoms with E-state index < -0.39 is 6.04 Å². The molecule has 0 bridgehead atoms. The van der Waals surface area contributed by atoms with Gasteiger partial charge in [0.1, 0.15) is 11.8 Å². The zero-order valence-electron chi connectivity index (χ0n) is 17.9. The molecule has 1 saturated heterocycles. The van der Waals surface area contributed by atoms with Gasteiger partial charge >= 0.3 is 0 Å². The summed E-state index contributed by atoms with van der Waals surface area (Å²) in [7, 11) is 0. The summed E-state index contributed by atoms with van der Waals surface area (Å²) in [5.74, 6) is 0.645. The number of hydrogen-bond donors (Lipinski definition) is 2. The minimum atomic E-state index is -0.698. The number of anilines is 1. The highest BCUT2D eigenvalue weighted by atomic mass is 16.4. The summed E-state index contributed by atoms with van der Waals surface area (Å²) < 4.78 is 5.80. The van der Waals surface area contributed by atoms with Crippen molar-refractivity contribution < 1.29 is 14.0 Å². The molecular formula is C23H30N4O3. The standard InChI is InChI=1S/C23H30N4O3/c1-16(2)21(25-22(28)18-9-7-17(3)8-10-18)23(29)26-24-15-19-11-12-20(30-19)27-13-5-4-6-14-27/h7-12,15-16,21H,4-6,13-14H2,1-3H3,(H,25,28)(H,26,29). The molecule has 1 aliphatic heterocycles. The van der Waals surface area contributed by atoms with Gasteiger partial charge in [-0.15, -0.1) is 0 Å². The van der Waals surface area contributed by atoms with Crippen LogP contribution in [0, 0.1) is 12.8 Å². The first-order valence-corrected chi connectivity index (χ1v) is 10.5. The lowest BCUT2D eigenvalue weighted by molar-refractivity contribution is -0.123. The Labute approximate surface area is 177 Å². The van der Waals surface area contributed by atoms with Crippen molar-refractivity contribution in [2.75, 3.05) is 18.0 Å². The first-order chi connectivity index (χ1) is 14.4. The highest BCUT2D eigenvalue weighted by Crippen LogP contribution is 2.21. The molecule has 30 heavy (non-hydrogen) atoms. The molecule has 2 heterocycles. The monoisotopic (exact) mass is 410 g/mol. The average molecular weight is 411 g/mol. The SMILES string of the molecule is Cc1ccc(C(=O)NC(C(=O)NN=Cc2ccc(N3CCCCC3)o2)C(C)C)cc1. The van der Waals surface area contributed by atoms with Crippen molar-refractivity contribution in [3.63, 3.8) is 0 Å². The van der Waals surface area contributed by atoms with E-state index >= 15 is 0 Å². The van der Waals surface area contributed by atoms with Crippen molar-refractivity contribution >= 4 is 23.9 Å². The van der Waals surface area contributed by atoms with E-state index in [2.05, 4.69) is 20.7 Å². The molecule has 1 fully saturated rings. The number of rotatable bonds is 7. The van der Waals surface area contributed by atoms with Crippen LogP contribution >= 0.6 is 0 Å². The fraction of sp³-hybridized carbons (Fsp3) is 0.435. The van der Waals surface area contributed by atoms with Crippen molar-refractivity contribution in [3.8, 4) is 0 Å². The highest BCUT2D eigenvalue weighted by Gasteiger charge is 2.24. The van der Waals surface area contributed by atoms with Gasteiger partial charge in [0.25, 0.3) is 11.8 Å². The first kappa shape index (κ1) is 21.6. The van der Waals surface area contributed by atoms with E-state index in [1.165, 1.54) is 25.5 Å². The molecular weight excluding hydrogens is 380 g/mol. The van der Waals surface area contributed by atoms with Crippen molar-refractivity contribution in [2.45, 2.75) is 46.1 Å². The highest BCUT2D eigenvalue weighted by molar-refractivity contribution is 5.97. The Morgan fingerprint density at radius 2 is 1.77 bits per heavy atom. The van der Waals surface area contributed by atoms with Crippen LogP contribution in [0.15, 0.2) is 45.9 Å². The van der Waals surface area contributed by atoms with Crippen LogP contribution in [-0.4, -0.2) is 37.2 Å². The van der Waals surface area contributed by atoms with Crippen LogP contribution in [0.5, 0.6) is 0 Å². The van der Waals surface area contributed by atoms with Gasteiger partial charge in [0.2, 0.25) is 0 Å². The summed E-state index contributed by atoms with van der Waals surface area (Å²) >= 11 is 0. The van der Waals surface area contributed by atoms with Gasteiger partial charge in [-0.2, -0.15) is 5.10 Å². The van der Waals surface area contributed by atoms with Crippen LogP contribution in [0.25, 0.3) is 0 Å². The molecule has 1 aromatic heterocycles. The third-order valence-electron chi connectivity index (χ3n) is 5.20. The Kier molecular flexibility index (Phi) is 7.27. The third kappa shape index (κ3) is 5.72. The van der Waals surface area contributed by atoms with Gasteiger partial charge in [-0.05, 0) is 50.3 Å². The van der Waals surface area contributed by atoms with E-state index in [-0.39, 0.29) is 17.7 Å². The van der Waals surface area contributed by atoms with Crippen LogP contribution in [0.3, 0.4) is 0 Å². The van der Waals surface area contributed by atoms with Gasteiger partial charge in [-0.3, -0.25) is 9.59 Å². The molecule has 1 atom stereocenters. The molecule has 2 aromatic rings. The number of piperidine rings is 1. The third-order valence-corrected chi connectivity index (χ3v) is 5.20. The molecule has 7 nitrogen and oxygen atoms in total. The number of carbonyl (C=O) groups excluding carboxylic acids is 2. The Hall–Kier alpha value is -3.09. The maximum Gasteiger partial charge on any atom is 0.262 e. The fourth-order valence-electron chi connectivity index (χ4n) is 3.39. The number of hydrazone groups is 1. The summed E-state index contributed by atoms with van der Waals surface area (Å²) in [5.41, 5.74) is 4.10. The summed E-state index contributed by atoms with van der Waals surface area (Å²) in [4.78, 5) is 27.3. The molecule has 160 valence electrons. The van der Waals surface area contributed by atoms with Gasteiger partial charge in [0.05, 0.1) is 6.21 Å². The summed E-state index contributed by atoms with van der Waals surface area (Å²) in [6.07, 6.45) is 5.08. The van der Waals surface area contributed by atoms with Crippen molar-refractivity contribution in [2.24, 2.45) is 11.0 Å². The summed E-state index contributed by atoms with van der Waals surface area (Å²) in [5, 5.41) is 6.80. The second-order valence-electron chi connectivity index (χ2n) is 8.02. The molecule has 1 aromatic carbocycles. The molecule has 3 rings (SSSR count). The molecule has 0 saturated carbocycles. The second-order valence-corrected chi connectivity index (χ2v) is 8.02. The van der Waals surface area contributed by atoms with Gasteiger partial charge in [0.15, 0.2) is 5.88 Å². The molecule has 0 aliphatic carbocycles. The number of furan rings is 1. The van der Waals surface area contributed by atoms with Gasteiger partial charge in [-0.1, -0.05) is 31.5 Å². The van der Waals surface area contributed by atoms with Crippen LogP contribution < -0.4 is 15.6 Å². The van der Waals surface area contributed by atoms with Crippen LogP contribution in [0.2, 0.25) is 0 Å². The number of nitrogens with one attached hydrogen (secondary N) is 2. The number of nitrogens with zero attached hydrogens (tertiary/aromatic N) is 2. The number of carbonyl (C=O) groups is 2. The van der Waals surface area contributed by atoms with E-state index in [0.29, 0.717) is 11.3 Å². The van der Waals surface area contributed by atoms with Crippen LogP contribution in [0.1, 0.15) is 54.8 Å². The number of benzene rings is 1. The van der Waals surface area contributed by atoms with Gasteiger partial charge < -0.3 is 14.6 Å². The number of amides is 2. The minimum Gasteiger partial charge on any atom is -0.440 e. The topological polar surface area (TPSA) is 86.9 Å². The fourth-order valence-corrected chi connectivity index (χ4v) is 3.39. The number of hydrogen-bond acceptors (Lipinski definition) is 5. The van der Waals surface area contributed by atoms with Crippen molar-refractivity contribution in [1.82, 2.24) is 10.7 Å². The lowest BCUT2D eigenvalue weighted by Gasteiger charge is -2.25. The lowest BCUT2D eigenvalue weighted by atomic mass is 10.0. The second kappa shape index (κ2) is 10.1. The van der Waals surface area contributed by atoms with Gasteiger partial charge in [0, 0.05) is 24.7 Å². The predicted octanol–water partition coefficient (Wildman–Crippen LogP) is 3.48. The molecule has 7 heteroatoms. The molecule has 1 aliphatic rings.